The Morgan fingerprint density at radius 3 is 2.72 bits per heavy atom. The fraction of sp³-hybridized carbons (Fsp3) is 0.409. The summed E-state index contributed by atoms with van der Waals surface area (Å²) in [4.78, 5) is 13.2. The highest BCUT2D eigenvalue weighted by Crippen LogP contribution is 2.50. The number of hydrogen-bond acceptors (Lipinski definition) is 4. The number of aliphatic hydroxyl groups excluding tert-OH is 1. The maximum absolute atomic E-state index is 13.2. The van der Waals surface area contributed by atoms with E-state index in [4.69, 9.17) is 4.74 Å². The number of ketones is 1. The lowest BCUT2D eigenvalue weighted by Gasteiger charge is -2.44. The number of ether oxygens (including phenoxy) is 2. The third-order valence-electron chi connectivity index (χ3n) is 5.76. The van der Waals surface area contributed by atoms with Crippen molar-refractivity contribution in [3.8, 4) is 11.5 Å². The second-order valence-corrected chi connectivity index (χ2v) is 8.11. The molecule has 1 aromatic rings. The molecule has 1 aliphatic heterocycles. The van der Waals surface area contributed by atoms with Gasteiger partial charge in [0.15, 0.2) is 5.78 Å². The maximum atomic E-state index is 13.2. The highest BCUT2D eigenvalue weighted by atomic mass is 19.4. The summed E-state index contributed by atoms with van der Waals surface area (Å²) >= 11 is 0. The van der Waals surface area contributed by atoms with Crippen molar-refractivity contribution in [2.75, 3.05) is 0 Å². The molecule has 1 heterocycles. The number of halogens is 3. The molecule has 2 aliphatic carbocycles. The maximum Gasteiger partial charge on any atom is 0.573 e. The zero-order valence-corrected chi connectivity index (χ0v) is 16.0. The van der Waals surface area contributed by atoms with E-state index >= 15 is 0 Å². The standard InChI is InChI=1S/C22H21F3O4/c1-21(2)20(27)18(16-10-12-6-4-3-5-7-14(12)19(16)26)15-11-13(28-22(23,24)25)8-9-17(15)29-21/h3-5,7-9,11,16,18,20,27H,6,10H2,1-2H3/t16?,18-,20-/m0/s1. The molecule has 3 aliphatic rings. The Morgan fingerprint density at radius 2 is 2.00 bits per heavy atom. The van der Waals surface area contributed by atoms with Gasteiger partial charge in [0.1, 0.15) is 23.2 Å². The van der Waals surface area contributed by atoms with E-state index in [-0.39, 0.29) is 5.78 Å². The van der Waals surface area contributed by atoms with Crippen molar-refractivity contribution in [1.82, 2.24) is 0 Å². The van der Waals surface area contributed by atoms with Crippen LogP contribution in [-0.4, -0.2) is 29.0 Å². The lowest BCUT2D eigenvalue weighted by atomic mass is 9.72. The highest BCUT2D eigenvalue weighted by Gasteiger charge is 2.50. The van der Waals surface area contributed by atoms with Crippen molar-refractivity contribution in [3.63, 3.8) is 0 Å². The molecule has 3 atom stereocenters. The van der Waals surface area contributed by atoms with E-state index < -0.39 is 35.7 Å². The molecule has 0 saturated heterocycles. The molecule has 1 N–H and O–H groups in total. The lowest BCUT2D eigenvalue weighted by molar-refractivity contribution is -0.274. The Balaban J connectivity index is 1.75. The summed E-state index contributed by atoms with van der Waals surface area (Å²) in [5.41, 5.74) is 0.959. The lowest BCUT2D eigenvalue weighted by Crippen LogP contribution is -2.51. The SMILES string of the molecule is CC1(C)Oc2ccc(OC(F)(F)F)cc2[C@@H](C2CC3=C(C=CC=CC3)C2=O)[C@@H]1O. The first-order valence-corrected chi connectivity index (χ1v) is 9.43. The van der Waals surface area contributed by atoms with Gasteiger partial charge in [-0.2, -0.15) is 0 Å². The number of carbonyl (C=O) groups excluding carboxylic acids is 1. The minimum atomic E-state index is -4.84. The van der Waals surface area contributed by atoms with E-state index in [0.29, 0.717) is 29.7 Å². The van der Waals surface area contributed by atoms with Crippen molar-refractivity contribution in [1.29, 1.82) is 0 Å². The van der Waals surface area contributed by atoms with Crippen LogP contribution >= 0.6 is 0 Å². The number of hydrogen-bond donors (Lipinski definition) is 1. The fourth-order valence-corrected chi connectivity index (χ4v) is 4.43. The second-order valence-electron chi connectivity index (χ2n) is 8.11. The Kier molecular flexibility index (Phi) is 4.61. The first-order chi connectivity index (χ1) is 13.6. The van der Waals surface area contributed by atoms with Crippen LogP contribution in [0.4, 0.5) is 13.2 Å². The van der Waals surface area contributed by atoms with Crippen LogP contribution in [0.25, 0.3) is 0 Å². The van der Waals surface area contributed by atoms with E-state index in [1.807, 2.05) is 12.2 Å². The van der Waals surface area contributed by atoms with Crippen LogP contribution in [0, 0.1) is 5.92 Å². The third kappa shape index (κ3) is 3.59. The highest BCUT2D eigenvalue weighted by molar-refractivity contribution is 6.04. The van der Waals surface area contributed by atoms with Gasteiger partial charge in [-0.1, -0.05) is 29.9 Å². The van der Waals surface area contributed by atoms with Crippen molar-refractivity contribution >= 4 is 5.78 Å². The first-order valence-electron chi connectivity index (χ1n) is 9.43. The molecule has 0 amide bonds. The molecular formula is C22H21F3O4. The predicted octanol–water partition coefficient (Wildman–Crippen LogP) is 4.60. The van der Waals surface area contributed by atoms with Gasteiger partial charge in [0.2, 0.25) is 0 Å². The Bertz CT molecular complexity index is 940. The van der Waals surface area contributed by atoms with E-state index in [9.17, 15) is 23.1 Å². The van der Waals surface area contributed by atoms with Crippen LogP contribution in [0.2, 0.25) is 0 Å². The monoisotopic (exact) mass is 406 g/mol. The van der Waals surface area contributed by atoms with E-state index in [0.717, 1.165) is 5.57 Å². The average Bonchev–Trinajstić information content (AvgIpc) is 2.79. The molecule has 4 nitrogen and oxygen atoms in total. The molecule has 0 aromatic heterocycles. The summed E-state index contributed by atoms with van der Waals surface area (Å²) in [5, 5.41) is 11.0. The van der Waals surface area contributed by atoms with Gasteiger partial charge >= 0.3 is 6.36 Å². The zero-order valence-electron chi connectivity index (χ0n) is 16.0. The van der Waals surface area contributed by atoms with Gasteiger partial charge < -0.3 is 14.6 Å². The molecule has 0 bridgehead atoms. The van der Waals surface area contributed by atoms with Gasteiger partial charge in [0.05, 0.1) is 0 Å². The van der Waals surface area contributed by atoms with Gasteiger partial charge in [-0.05, 0) is 44.9 Å². The largest absolute Gasteiger partial charge is 0.573 e. The van der Waals surface area contributed by atoms with Crippen molar-refractivity contribution in [2.45, 2.75) is 50.7 Å². The third-order valence-corrected chi connectivity index (χ3v) is 5.76. The number of fused-ring (bicyclic) bond motifs is 1. The summed E-state index contributed by atoms with van der Waals surface area (Å²) in [6.45, 7) is 3.41. The van der Waals surface area contributed by atoms with Crippen LogP contribution in [0.3, 0.4) is 0 Å². The molecule has 0 fully saturated rings. The number of Topliss-reactive ketones (excluding diaryl/α,β-unsaturated/α-hetero) is 1. The molecule has 1 unspecified atom stereocenters. The number of benzene rings is 1. The van der Waals surface area contributed by atoms with Gasteiger partial charge in [0, 0.05) is 23.0 Å². The molecule has 154 valence electrons. The quantitative estimate of drug-likeness (QED) is 0.780. The molecule has 0 spiro atoms. The van der Waals surface area contributed by atoms with Gasteiger partial charge in [0.25, 0.3) is 0 Å². The van der Waals surface area contributed by atoms with Gasteiger partial charge in [-0.25, -0.2) is 0 Å². The van der Waals surface area contributed by atoms with Gasteiger partial charge in [-0.3, -0.25) is 4.79 Å². The van der Waals surface area contributed by atoms with Crippen molar-refractivity contribution in [3.05, 3.63) is 59.2 Å². The van der Waals surface area contributed by atoms with Crippen LogP contribution in [0.1, 0.15) is 38.2 Å². The smallest absolute Gasteiger partial charge is 0.485 e. The fourth-order valence-electron chi connectivity index (χ4n) is 4.43. The van der Waals surface area contributed by atoms with E-state index in [1.165, 1.54) is 18.2 Å². The molecular weight excluding hydrogens is 385 g/mol. The summed E-state index contributed by atoms with van der Waals surface area (Å²) in [5.74, 6) is -1.43. The Labute approximate surface area is 166 Å². The number of aliphatic hydroxyl groups is 1. The molecule has 29 heavy (non-hydrogen) atoms. The van der Waals surface area contributed by atoms with Crippen LogP contribution in [0.15, 0.2) is 53.6 Å². The summed E-state index contributed by atoms with van der Waals surface area (Å²) in [6.07, 6.45) is 2.58. The summed E-state index contributed by atoms with van der Waals surface area (Å²) < 4.78 is 48.0. The minimum Gasteiger partial charge on any atom is -0.485 e. The minimum absolute atomic E-state index is 0.102. The van der Waals surface area contributed by atoms with Gasteiger partial charge in [-0.15, -0.1) is 13.2 Å². The van der Waals surface area contributed by atoms with Crippen molar-refractivity contribution in [2.24, 2.45) is 5.92 Å². The molecule has 1 aromatic carbocycles. The molecule has 0 radical (unpaired) electrons. The molecule has 0 saturated carbocycles. The van der Waals surface area contributed by atoms with Crippen LogP contribution < -0.4 is 9.47 Å². The second kappa shape index (κ2) is 6.76. The Hall–Kier alpha value is -2.54. The molecule has 7 heteroatoms. The van der Waals surface area contributed by atoms with Crippen molar-refractivity contribution < 1.29 is 32.5 Å². The summed E-state index contributed by atoms with van der Waals surface area (Å²) in [7, 11) is 0. The number of carbonyl (C=O) groups is 1. The van der Waals surface area contributed by atoms with Crippen LogP contribution in [0.5, 0.6) is 11.5 Å². The topological polar surface area (TPSA) is 55.8 Å². The first kappa shape index (κ1) is 19.8. The Morgan fingerprint density at radius 1 is 1.24 bits per heavy atom. The van der Waals surface area contributed by atoms with E-state index in [1.54, 1.807) is 26.0 Å². The number of allylic oxidation sites excluding steroid dienone is 6. The van der Waals surface area contributed by atoms with Crippen LogP contribution in [-0.2, 0) is 4.79 Å². The zero-order chi connectivity index (χ0) is 21.0. The predicted molar refractivity (Wildman–Crippen MR) is 99.6 cm³/mol. The average molecular weight is 406 g/mol. The normalized spacial score (nSPS) is 27.9. The molecule has 4 rings (SSSR count). The summed E-state index contributed by atoms with van der Waals surface area (Å²) in [6, 6.07) is 3.80. The number of rotatable bonds is 2. The van der Waals surface area contributed by atoms with E-state index in [2.05, 4.69) is 4.74 Å². The number of alkyl halides is 3.